The molecule has 1 unspecified atom stereocenters. The zero-order chi connectivity index (χ0) is 16.1. The van der Waals surface area contributed by atoms with E-state index in [9.17, 15) is 0 Å². The molecule has 1 aromatic rings. The second kappa shape index (κ2) is 8.27. The SMILES string of the molecule is COc1cc(OCC2CCOCC2)cc(SC2C[C@@H](C)CO2)c1. The summed E-state index contributed by atoms with van der Waals surface area (Å²) in [5.74, 6) is 2.94. The lowest BCUT2D eigenvalue weighted by Crippen LogP contribution is -2.21. The van der Waals surface area contributed by atoms with E-state index in [1.165, 1.54) is 0 Å². The quantitative estimate of drug-likeness (QED) is 0.784. The third kappa shape index (κ3) is 5.03. The molecule has 0 N–H and O–H groups in total. The summed E-state index contributed by atoms with van der Waals surface area (Å²) in [6, 6.07) is 6.11. The Bertz CT molecular complexity index is 502. The van der Waals surface area contributed by atoms with Gasteiger partial charge in [-0.15, -0.1) is 0 Å². The van der Waals surface area contributed by atoms with Gasteiger partial charge < -0.3 is 18.9 Å². The molecular formula is C18H26O4S. The number of benzene rings is 1. The first-order chi connectivity index (χ1) is 11.2. The summed E-state index contributed by atoms with van der Waals surface area (Å²) < 4.78 is 22.6. The Labute approximate surface area is 142 Å². The number of rotatable bonds is 6. The van der Waals surface area contributed by atoms with E-state index in [0.717, 1.165) is 62.1 Å². The van der Waals surface area contributed by atoms with E-state index in [0.29, 0.717) is 11.8 Å². The van der Waals surface area contributed by atoms with E-state index in [1.54, 1.807) is 18.9 Å². The first-order valence-electron chi connectivity index (χ1n) is 8.41. The van der Waals surface area contributed by atoms with Crippen LogP contribution < -0.4 is 9.47 Å². The Morgan fingerprint density at radius 1 is 1.17 bits per heavy atom. The van der Waals surface area contributed by atoms with Gasteiger partial charge in [0.05, 0.1) is 20.3 Å². The predicted octanol–water partition coefficient (Wildman–Crippen LogP) is 3.98. The Morgan fingerprint density at radius 2 is 1.96 bits per heavy atom. The van der Waals surface area contributed by atoms with Gasteiger partial charge in [-0.1, -0.05) is 18.7 Å². The Kier molecular flexibility index (Phi) is 6.08. The summed E-state index contributed by atoms with van der Waals surface area (Å²) in [5, 5.41) is 0. The van der Waals surface area contributed by atoms with E-state index in [4.69, 9.17) is 18.9 Å². The number of methoxy groups -OCH3 is 1. The minimum absolute atomic E-state index is 0.237. The largest absolute Gasteiger partial charge is 0.497 e. The minimum Gasteiger partial charge on any atom is -0.497 e. The monoisotopic (exact) mass is 338 g/mol. The van der Waals surface area contributed by atoms with Gasteiger partial charge in [-0.3, -0.25) is 0 Å². The van der Waals surface area contributed by atoms with Gasteiger partial charge >= 0.3 is 0 Å². The van der Waals surface area contributed by atoms with Gasteiger partial charge in [0, 0.05) is 24.2 Å². The summed E-state index contributed by atoms with van der Waals surface area (Å²) in [6.07, 6.45) is 3.26. The van der Waals surface area contributed by atoms with E-state index in [2.05, 4.69) is 19.1 Å². The third-order valence-corrected chi connectivity index (χ3v) is 5.44. The molecular weight excluding hydrogens is 312 g/mol. The fourth-order valence-corrected chi connectivity index (χ4v) is 4.16. The first kappa shape index (κ1) is 16.9. The highest BCUT2D eigenvalue weighted by molar-refractivity contribution is 7.99. The van der Waals surface area contributed by atoms with Crippen LogP contribution in [0.4, 0.5) is 0 Å². The molecule has 0 spiro atoms. The van der Waals surface area contributed by atoms with Crippen molar-refractivity contribution in [1.82, 2.24) is 0 Å². The fraction of sp³-hybridized carbons (Fsp3) is 0.667. The van der Waals surface area contributed by atoms with Crippen molar-refractivity contribution in [3.05, 3.63) is 18.2 Å². The maximum absolute atomic E-state index is 6.02. The van der Waals surface area contributed by atoms with Crippen LogP contribution in [-0.2, 0) is 9.47 Å². The Morgan fingerprint density at radius 3 is 2.65 bits per heavy atom. The van der Waals surface area contributed by atoms with Gasteiger partial charge in [-0.2, -0.15) is 0 Å². The molecule has 23 heavy (non-hydrogen) atoms. The highest BCUT2D eigenvalue weighted by atomic mass is 32.2. The van der Waals surface area contributed by atoms with Crippen molar-refractivity contribution in [1.29, 1.82) is 0 Å². The highest BCUT2D eigenvalue weighted by Gasteiger charge is 2.23. The molecule has 1 aromatic carbocycles. The van der Waals surface area contributed by atoms with Gasteiger partial charge in [0.25, 0.3) is 0 Å². The van der Waals surface area contributed by atoms with Crippen LogP contribution in [0.5, 0.6) is 11.5 Å². The molecule has 128 valence electrons. The average Bonchev–Trinajstić information content (AvgIpc) is 2.98. The molecule has 0 aromatic heterocycles. The number of hydrogen-bond donors (Lipinski definition) is 0. The maximum atomic E-state index is 6.02. The van der Waals surface area contributed by atoms with Crippen LogP contribution in [0, 0.1) is 11.8 Å². The molecule has 5 heteroatoms. The number of thioether (sulfide) groups is 1. The lowest BCUT2D eigenvalue weighted by Gasteiger charge is -2.22. The summed E-state index contributed by atoms with van der Waals surface area (Å²) >= 11 is 1.76. The lowest BCUT2D eigenvalue weighted by atomic mass is 10.0. The number of hydrogen-bond acceptors (Lipinski definition) is 5. The second-order valence-corrected chi connectivity index (χ2v) is 7.67. The summed E-state index contributed by atoms with van der Waals surface area (Å²) in [7, 11) is 1.69. The summed E-state index contributed by atoms with van der Waals surface area (Å²) in [4.78, 5) is 1.14. The molecule has 2 aliphatic heterocycles. The van der Waals surface area contributed by atoms with Crippen LogP contribution in [0.15, 0.2) is 23.1 Å². The summed E-state index contributed by atoms with van der Waals surface area (Å²) in [6.45, 7) is 5.54. The molecule has 0 saturated carbocycles. The van der Waals surface area contributed by atoms with Gasteiger partial charge in [-0.05, 0) is 43.2 Å². The molecule has 0 radical (unpaired) electrons. The molecule has 2 atom stereocenters. The normalized spacial score (nSPS) is 25.5. The summed E-state index contributed by atoms with van der Waals surface area (Å²) in [5.41, 5.74) is 0.237. The van der Waals surface area contributed by atoms with E-state index >= 15 is 0 Å². The molecule has 0 amide bonds. The molecule has 2 aliphatic rings. The lowest BCUT2D eigenvalue weighted by molar-refractivity contribution is 0.0497. The van der Waals surface area contributed by atoms with Gasteiger partial charge in [0.2, 0.25) is 0 Å². The average molecular weight is 338 g/mol. The molecule has 2 fully saturated rings. The van der Waals surface area contributed by atoms with Crippen LogP contribution in [-0.4, -0.2) is 39.0 Å². The number of ether oxygens (including phenoxy) is 4. The zero-order valence-corrected chi connectivity index (χ0v) is 14.8. The van der Waals surface area contributed by atoms with Crippen molar-refractivity contribution in [2.75, 3.05) is 33.5 Å². The van der Waals surface area contributed by atoms with Crippen LogP contribution in [0.25, 0.3) is 0 Å². The Balaban J connectivity index is 1.61. The highest BCUT2D eigenvalue weighted by Crippen LogP contribution is 2.37. The topological polar surface area (TPSA) is 36.9 Å². The first-order valence-corrected chi connectivity index (χ1v) is 9.29. The van der Waals surface area contributed by atoms with E-state index in [1.807, 2.05) is 6.07 Å². The minimum atomic E-state index is 0.237. The van der Waals surface area contributed by atoms with E-state index < -0.39 is 0 Å². The molecule has 0 bridgehead atoms. The predicted molar refractivity (Wildman–Crippen MR) is 91.4 cm³/mol. The molecule has 3 rings (SSSR count). The van der Waals surface area contributed by atoms with Gasteiger partial charge in [0.1, 0.15) is 16.9 Å². The second-order valence-electron chi connectivity index (χ2n) is 6.43. The van der Waals surface area contributed by atoms with Crippen molar-refractivity contribution in [3.63, 3.8) is 0 Å². The van der Waals surface area contributed by atoms with Crippen LogP contribution in [0.1, 0.15) is 26.2 Å². The Hall–Kier alpha value is -0.910. The third-order valence-electron chi connectivity index (χ3n) is 4.34. The zero-order valence-electron chi connectivity index (χ0n) is 14.0. The molecule has 2 saturated heterocycles. The van der Waals surface area contributed by atoms with Crippen molar-refractivity contribution in [2.24, 2.45) is 11.8 Å². The maximum Gasteiger partial charge on any atom is 0.124 e. The van der Waals surface area contributed by atoms with Crippen LogP contribution in [0.3, 0.4) is 0 Å². The molecule has 4 nitrogen and oxygen atoms in total. The smallest absolute Gasteiger partial charge is 0.124 e. The van der Waals surface area contributed by atoms with Gasteiger partial charge in [-0.25, -0.2) is 0 Å². The van der Waals surface area contributed by atoms with Crippen molar-refractivity contribution in [3.8, 4) is 11.5 Å². The molecule has 0 aliphatic carbocycles. The van der Waals surface area contributed by atoms with E-state index in [-0.39, 0.29) is 5.44 Å². The van der Waals surface area contributed by atoms with Crippen LogP contribution in [0.2, 0.25) is 0 Å². The van der Waals surface area contributed by atoms with Crippen molar-refractivity contribution in [2.45, 2.75) is 36.5 Å². The molecule has 2 heterocycles. The van der Waals surface area contributed by atoms with Gasteiger partial charge in [0.15, 0.2) is 0 Å². The van der Waals surface area contributed by atoms with Crippen molar-refractivity contribution >= 4 is 11.8 Å². The fourth-order valence-electron chi connectivity index (χ4n) is 2.91. The standard InChI is InChI=1S/C18H26O4S/c1-13-7-18(22-11-13)23-17-9-15(19-2)8-16(10-17)21-12-14-3-5-20-6-4-14/h8-10,13-14,18H,3-7,11-12H2,1-2H3/t13-,18?/m1/s1. The van der Waals surface area contributed by atoms with Crippen molar-refractivity contribution < 1.29 is 18.9 Å². The van der Waals surface area contributed by atoms with Crippen LogP contribution >= 0.6 is 11.8 Å².